The van der Waals surface area contributed by atoms with Crippen LogP contribution in [0.3, 0.4) is 0 Å². The highest BCUT2D eigenvalue weighted by Crippen LogP contribution is 2.40. The predicted octanol–water partition coefficient (Wildman–Crippen LogP) is 2.76. The molecule has 0 unspecified atom stereocenters. The lowest BCUT2D eigenvalue weighted by Gasteiger charge is -2.19. The smallest absolute Gasteiger partial charge is 0.319 e. The zero-order chi connectivity index (χ0) is 17.2. The molecule has 1 aliphatic rings. The van der Waals surface area contributed by atoms with E-state index >= 15 is 0 Å². The van der Waals surface area contributed by atoms with Gasteiger partial charge in [-0.05, 0) is 36.5 Å². The van der Waals surface area contributed by atoms with E-state index < -0.39 is 9.84 Å². The van der Waals surface area contributed by atoms with Crippen molar-refractivity contribution in [3.8, 4) is 0 Å². The first kappa shape index (κ1) is 16.4. The van der Waals surface area contributed by atoms with E-state index in [9.17, 15) is 13.2 Å². The molecule has 1 heterocycles. The maximum atomic E-state index is 12.2. The van der Waals surface area contributed by atoms with Crippen molar-refractivity contribution >= 4 is 21.6 Å². The van der Waals surface area contributed by atoms with E-state index in [4.69, 9.17) is 0 Å². The molecule has 1 aromatic heterocycles. The third-order valence-electron chi connectivity index (χ3n) is 3.91. The number of carbonyl (C=O) groups excluding carboxylic acids is 1. The molecule has 1 fully saturated rings. The molecule has 0 bridgehead atoms. The van der Waals surface area contributed by atoms with Crippen LogP contribution in [0.5, 0.6) is 0 Å². The molecule has 2 aromatic rings. The number of amides is 2. The zero-order valence-corrected chi connectivity index (χ0v) is 14.1. The van der Waals surface area contributed by atoms with Gasteiger partial charge in [0.05, 0.1) is 17.9 Å². The van der Waals surface area contributed by atoms with Gasteiger partial charge in [0.2, 0.25) is 0 Å². The van der Waals surface area contributed by atoms with E-state index in [2.05, 4.69) is 15.6 Å². The molecule has 1 saturated carbocycles. The second-order valence-corrected chi connectivity index (χ2v) is 7.94. The Labute approximate surface area is 141 Å². The fraction of sp³-hybridized carbons (Fsp3) is 0.294. The highest BCUT2D eigenvalue weighted by atomic mass is 32.2. The summed E-state index contributed by atoms with van der Waals surface area (Å²) in [5.41, 5.74) is 1.53. The van der Waals surface area contributed by atoms with Crippen molar-refractivity contribution in [1.29, 1.82) is 0 Å². The monoisotopic (exact) mass is 345 g/mol. The Morgan fingerprint density at radius 1 is 1.17 bits per heavy atom. The van der Waals surface area contributed by atoms with Crippen LogP contribution in [0, 0.1) is 5.92 Å². The molecule has 0 spiro atoms. The average Bonchev–Trinajstić information content (AvgIpc) is 3.38. The van der Waals surface area contributed by atoms with Gasteiger partial charge in [0, 0.05) is 6.26 Å². The van der Waals surface area contributed by atoms with Crippen LogP contribution < -0.4 is 10.6 Å². The molecule has 1 aliphatic carbocycles. The molecule has 24 heavy (non-hydrogen) atoms. The normalized spacial score (nSPS) is 15.5. The third kappa shape index (κ3) is 4.11. The number of benzene rings is 1. The minimum atomic E-state index is -3.35. The number of nitrogens with zero attached hydrogens (tertiary/aromatic N) is 1. The van der Waals surface area contributed by atoms with Crippen LogP contribution in [-0.4, -0.2) is 25.7 Å². The molecular formula is C17H19N3O3S. The van der Waals surface area contributed by atoms with Gasteiger partial charge in [-0.3, -0.25) is 0 Å². The van der Waals surface area contributed by atoms with Gasteiger partial charge in [-0.2, -0.15) is 0 Å². The van der Waals surface area contributed by atoms with Crippen molar-refractivity contribution in [1.82, 2.24) is 10.3 Å². The van der Waals surface area contributed by atoms with Crippen LogP contribution in [0.4, 0.5) is 10.5 Å². The Morgan fingerprint density at radius 3 is 2.42 bits per heavy atom. The fourth-order valence-electron chi connectivity index (χ4n) is 2.55. The number of nitrogens with one attached hydrogen (secondary N) is 2. The van der Waals surface area contributed by atoms with Crippen molar-refractivity contribution in [2.45, 2.75) is 23.9 Å². The first-order valence-corrected chi connectivity index (χ1v) is 9.61. The zero-order valence-electron chi connectivity index (χ0n) is 13.3. The fourth-order valence-corrected chi connectivity index (χ4v) is 3.10. The lowest BCUT2D eigenvalue weighted by molar-refractivity contribution is 0.247. The molecule has 1 aromatic carbocycles. The summed E-state index contributed by atoms with van der Waals surface area (Å²) in [6.07, 6.45) is 4.63. The van der Waals surface area contributed by atoms with Crippen LogP contribution in [0.25, 0.3) is 0 Å². The minimum Gasteiger partial charge on any atom is -0.331 e. The summed E-state index contributed by atoms with van der Waals surface area (Å²) in [5, 5.41) is 5.67. The minimum absolute atomic E-state index is 0.0190. The molecule has 2 amide bonds. The van der Waals surface area contributed by atoms with Crippen molar-refractivity contribution < 1.29 is 13.2 Å². The van der Waals surface area contributed by atoms with E-state index in [1.165, 1.54) is 18.3 Å². The Balaban J connectivity index is 1.66. The summed E-state index contributed by atoms with van der Waals surface area (Å²) >= 11 is 0. The lowest BCUT2D eigenvalue weighted by Crippen LogP contribution is -2.33. The maximum Gasteiger partial charge on any atom is 0.319 e. The number of aromatic nitrogens is 1. The number of anilines is 1. The van der Waals surface area contributed by atoms with E-state index in [-0.39, 0.29) is 17.1 Å². The summed E-state index contributed by atoms with van der Waals surface area (Å²) in [6.45, 7) is 0. The van der Waals surface area contributed by atoms with Crippen LogP contribution in [0.2, 0.25) is 0 Å². The van der Waals surface area contributed by atoms with Crippen molar-refractivity contribution in [2.24, 2.45) is 5.92 Å². The molecule has 1 atom stereocenters. The highest BCUT2D eigenvalue weighted by molar-refractivity contribution is 7.90. The Kier molecular flexibility index (Phi) is 4.53. The van der Waals surface area contributed by atoms with E-state index in [1.54, 1.807) is 0 Å². The molecule has 6 nitrogen and oxygen atoms in total. The van der Waals surface area contributed by atoms with E-state index in [1.807, 2.05) is 30.3 Å². The summed E-state index contributed by atoms with van der Waals surface area (Å²) in [6, 6.07) is 12.4. The topological polar surface area (TPSA) is 88.2 Å². The molecule has 0 aliphatic heterocycles. The molecule has 2 N–H and O–H groups in total. The Hall–Kier alpha value is -2.41. The molecule has 0 saturated heterocycles. The Morgan fingerprint density at radius 2 is 1.88 bits per heavy atom. The molecule has 7 heteroatoms. The van der Waals surface area contributed by atoms with Crippen molar-refractivity contribution in [3.63, 3.8) is 0 Å². The lowest BCUT2D eigenvalue weighted by atomic mass is 10.0. The van der Waals surface area contributed by atoms with Gasteiger partial charge in [0.25, 0.3) is 0 Å². The van der Waals surface area contributed by atoms with E-state index in [0.29, 0.717) is 11.6 Å². The standard InChI is InChI=1S/C17H19N3O3S/c1-24(22,23)15-10-9-14(11-18-15)19-17(21)20-16(13-7-8-13)12-5-3-2-4-6-12/h2-6,9-11,13,16H,7-8H2,1H3,(H2,19,20,21)/t16-/m1/s1. The number of pyridine rings is 1. The van der Waals surface area contributed by atoms with Crippen molar-refractivity contribution in [3.05, 3.63) is 54.2 Å². The number of hydrogen-bond acceptors (Lipinski definition) is 4. The third-order valence-corrected chi connectivity index (χ3v) is 4.91. The highest BCUT2D eigenvalue weighted by Gasteiger charge is 2.33. The average molecular weight is 345 g/mol. The number of sulfone groups is 1. The van der Waals surface area contributed by atoms with Crippen LogP contribution in [-0.2, 0) is 9.84 Å². The quantitative estimate of drug-likeness (QED) is 0.872. The molecule has 3 rings (SSSR count). The number of urea groups is 1. The number of rotatable bonds is 5. The predicted molar refractivity (Wildman–Crippen MR) is 91.4 cm³/mol. The molecule has 126 valence electrons. The Bertz CT molecular complexity index is 816. The van der Waals surface area contributed by atoms with Gasteiger partial charge < -0.3 is 10.6 Å². The van der Waals surface area contributed by atoms with Gasteiger partial charge in [-0.25, -0.2) is 18.2 Å². The van der Waals surface area contributed by atoms with Crippen LogP contribution in [0.15, 0.2) is 53.7 Å². The summed E-state index contributed by atoms with van der Waals surface area (Å²) in [7, 11) is -3.35. The number of carbonyl (C=O) groups is 1. The SMILES string of the molecule is CS(=O)(=O)c1ccc(NC(=O)N[C@H](c2ccccc2)C2CC2)cn1. The van der Waals surface area contributed by atoms with Gasteiger partial charge in [0.15, 0.2) is 14.9 Å². The maximum absolute atomic E-state index is 12.2. The van der Waals surface area contributed by atoms with Gasteiger partial charge in [-0.1, -0.05) is 30.3 Å². The summed E-state index contributed by atoms with van der Waals surface area (Å²) in [4.78, 5) is 16.1. The van der Waals surface area contributed by atoms with Crippen molar-refractivity contribution in [2.75, 3.05) is 11.6 Å². The van der Waals surface area contributed by atoms with Crippen LogP contribution >= 0.6 is 0 Å². The molecule has 0 radical (unpaired) electrons. The van der Waals surface area contributed by atoms with Gasteiger partial charge in [-0.15, -0.1) is 0 Å². The van der Waals surface area contributed by atoms with Crippen LogP contribution in [0.1, 0.15) is 24.4 Å². The molecular weight excluding hydrogens is 326 g/mol. The summed E-state index contributed by atoms with van der Waals surface area (Å²) < 4.78 is 22.8. The summed E-state index contributed by atoms with van der Waals surface area (Å²) in [5.74, 6) is 0.462. The van der Waals surface area contributed by atoms with Gasteiger partial charge >= 0.3 is 6.03 Å². The van der Waals surface area contributed by atoms with Gasteiger partial charge in [0.1, 0.15) is 0 Å². The largest absolute Gasteiger partial charge is 0.331 e. The first-order valence-electron chi connectivity index (χ1n) is 7.72. The second-order valence-electron chi connectivity index (χ2n) is 5.98. The second kappa shape index (κ2) is 6.60. The number of hydrogen-bond donors (Lipinski definition) is 2. The first-order chi connectivity index (χ1) is 11.4. The van der Waals surface area contributed by atoms with E-state index in [0.717, 1.165) is 24.7 Å².